The number of carbonyl (C=O) groups is 2. The van der Waals surface area contributed by atoms with Gasteiger partial charge >= 0.3 is 5.97 Å². The van der Waals surface area contributed by atoms with E-state index in [1.807, 2.05) is 11.0 Å². The van der Waals surface area contributed by atoms with E-state index in [2.05, 4.69) is 5.32 Å². The zero-order valence-electron chi connectivity index (χ0n) is 13.3. The Morgan fingerprint density at radius 1 is 1.42 bits per heavy atom. The normalized spacial score (nSPS) is 20.4. The molecule has 0 aliphatic carbocycles. The van der Waals surface area contributed by atoms with E-state index >= 15 is 0 Å². The zero-order chi connectivity index (χ0) is 17.1. The summed E-state index contributed by atoms with van der Waals surface area (Å²) >= 11 is 6.26. The first-order valence-electron chi connectivity index (χ1n) is 7.75. The summed E-state index contributed by atoms with van der Waals surface area (Å²) in [5.74, 6) is 0.571. The number of halogens is 1. The number of methoxy groups -OCH3 is 1. The largest absolute Gasteiger partial charge is 0.486 e. The van der Waals surface area contributed by atoms with Crippen molar-refractivity contribution in [2.24, 2.45) is 0 Å². The first kappa shape index (κ1) is 16.9. The van der Waals surface area contributed by atoms with E-state index < -0.39 is 12.0 Å². The van der Waals surface area contributed by atoms with Crippen LogP contribution in [-0.2, 0) is 20.9 Å². The van der Waals surface area contributed by atoms with E-state index in [-0.39, 0.29) is 12.3 Å². The number of benzene rings is 1. The summed E-state index contributed by atoms with van der Waals surface area (Å²) in [7, 11) is 1.31. The Bertz CT molecular complexity index is 652. The van der Waals surface area contributed by atoms with Gasteiger partial charge < -0.3 is 19.5 Å². The fraction of sp³-hybridized carbons (Fsp3) is 0.500. The Hall–Kier alpha value is -1.99. The van der Waals surface area contributed by atoms with Crippen molar-refractivity contribution in [3.8, 4) is 11.5 Å². The van der Waals surface area contributed by atoms with Gasteiger partial charge in [0.1, 0.15) is 19.3 Å². The lowest BCUT2D eigenvalue weighted by molar-refractivity contribution is -0.146. The summed E-state index contributed by atoms with van der Waals surface area (Å²) in [6.07, 6.45) is 0.0145. The van der Waals surface area contributed by atoms with Gasteiger partial charge in [0.15, 0.2) is 11.5 Å². The van der Waals surface area contributed by atoms with Gasteiger partial charge in [-0.1, -0.05) is 11.6 Å². The number of amides is 1. The third-order valence-electron chi connectivity index (χ3n) is 4.07. The summed E-state index contributed by atoms with van der Waals surface area (Å²) in [5.41, 5.74) is 0.897. The molecule has 2 aliphatic rings. The molecule has 0 aromatic heterocycles. The second-order valence-corrected chi connectivity index (χ2v) is 6.07. The standard InChI is InChI=1S/C16H19ClN2O5/c1-22-14(20)8-12-16(21)18-2-3-19(12)9-10-6-11(17)15-13(7-10)23-4-5-24-15/h6-7,12H,2-5,8-9H2,1H3,(H,18,21). The molecule has 1 aromatic carbocycles. The molecule has 0 spiro atoms. The van der Waals surface area contributed by atoms with Gasteiger partial charge in [-0.05, 0) is 17.7 Å². The number of hydrogen-bond acceptors (Lipinski definition) is 6. The minimum Gasteiger partial charge on any atom is -0.486 e. The first-order valence-corrected chi connectivity index (χ1v) is 8.13. The van der Waals surface area contributed by atoms with Crippen molar-refractivity contribution >= 4 is 23.5 Å². The lowest BCUT2D eigenvalue weighted by atomic mass is 10.1. The summed E-state index contributed by atoms with van der Waals surface area (Å²) < 4.78 is 15.8. The van der Waals surface area contributed by atoms with Crippen LogP contribution in [0.3, 0.4) is 0 Å². The van der Waals surface area contributed by atoms with Gasteiger partial charge in [-0.25, -0.2) is 0 Å². The van der Waals surface area contributed by atoms with Crippen molar-refractivity contribution in [3.63, 3.8) is 0 Å². The number of ether oxygens (including phenoxy) is 3. The number of fused-ring (bicyclic) bond motifs is 1. The molecule has 24 heavy (non-hydrogen) atoms. The quantitative estimate of drug-likeness (QED) is 0.812. The maximum atomic E-state index is 12.1. The van der Waals surface area contributed by atoms with E-state index in [1.54, 1.807) is 6.07 Å². The van der Waals surface area contributed by atoms with Gasteiger partial charge in [0.05, 0.1) is 18.6 Å². The van der Waals surface area contributed by atoms with Crippen molar-refractivity contribution in [2.45, 2.75) is 19.0 Å². The lowest BCUT2D eigenvalue weighted by Crippen LogP contribution is -2.55. The topological polar surface area (TPSA) is 77.1 Å². The third-order valence-corrected chi connectivity index (χ3v) is 4.35. The molecule has 1 N–H and O–H groups in total. The van der Waals surface area contributed by atoms with Crippen molar-refractivity contribution in [2.75, 3.05) is 33.4 Å². The molecule has 1 aromatic rings. The number of rotatable bonds is 4. The minimum atomic E-state index is -0.557. The smallest absolute Gasteiger partial charge is 0.307 e. The predicted octanol–water partition coefficient (Wildman–Crippen LogP) is 0.975. The SMILES string of the molecule is COC(=O)CC1C(=O)NCCN1Cc1cc(Cl)c2c(c1)OCCO2. The molecule has 7 nitrogen and oxygen atoms in total. The monoisotopic (exact) mass is 354 g/mol. The number of carbonyl (C=O) groups excluding carboxylic acids is 2. The average molecular weight is 355 g/mol. The van der Waals surface area contributed by atoms with Crippen molar-refractivity contribution in [1.82, 2.24) is 10.2 Å². The van der Waals surface area contributed by atoms with Crippen LogP contribution in [-0.4, -0.2) is 56.2 Å². The van der Waals surface area contributed by atoms with Crippen LogP contribution < -0.4 is 14.8 Å². The van der Waals surface area contributed by atoms with Crippen molar-refractivity contribution in [3.05, 3.63) is 22.7 Å². The molecule has 1 atom stereocenters. The lowest BCUT2D eigenvalue weighted by Gasteiger charge is -2.34. The highest BCUT2D eigenvalue weighted by Gasteiger charge is 2.32. The second kappa shape index (κ2) is 7.27. The van der Waals surface area contributed by atoms with E-state index in [0.717, 1.165) is 5.56 Å². The number of piperazine rings is 1. The molecule has 1 amide bonds. The van der Waals surface area contributed by atoms with Gasteiger partial charge in [-0.2, -0.15) is 0 Å². The number of esters is 1. The van der Waals surface area contributed by atoms with Gasteiger partial charge in [-0.3, -0.25) is 14.5 Å². The van der Waals surface area contributed by atoms with Crippen LogP contribution in [0.4, 0.5) is 0 Å². The van der Waals surface area contributed by atoms with Crippen LogP contribution in [0.15, 0.2) is 12.1 Å². The highest BCUT2D eigenvalue weighted by atomic mass is 35.5. The molecule has 1 unspecified atom stereocenters. The molecule has 2 aliphatic heterocycles. The van der Waals surface area contributed by atoms with Crippen LogP contribution in [0, 0.1) is 0 Å². The fourth-order valence-electron chi connectivity index (χ4n) is 2.90. The average Bonchev–Trinajstić information content (AvgIpc) is 2.58. The molecule has 8 heteroatoms. The Balaban J connectivity index is 1.79. The van der Waals surface area contributed by atoms with Gasteiger partial charge in [0.25, 0.3) is 0 Å². The molecule has 1 saturated heterocycles. The molecule has 0 saturated carbocycles. The number of nitrogens with zero attached hydrogens (tertiary/aromatic N) is 1. The minimum absolute atomic E-state index is 0.0145. The predicted molar refractivity (Wildman–Crippen MR) is 86.3 cm³/mol. The van der Waals surface area contributed by atoms with Crippen LogP contribution in [0.5, 0.6) is 11.5 Å². The van der Waals surface area contributed by atoms with E-state index in [0.29, 0.717) is 49.4 Å². The Morgan fingerprint density at radius 2 is 2.21 bits per heavy atom. The summed E-state index contributed by atoms with van der Waals surface area (Å²) in [4.78, 5) is 25.6. The molecule has 2 heterocycles. The summed E-state index contributed by atoms with van der Waals surface area (Å²) in [5, 5.41) is 3.26. The molecular weight excluding hydrogens is 336 g/mol. The maximum absolute atomic E-state index is 12.1. The Morgan fingerprint density at radius 3 is 3.00 bits per heavy atom. The molecule has 1 fully saturated rings. The Kier molecular flexibility index (Phi) is 5.11. The number of hydrogen-bond donors (Lipinski definition) is 1. The van der Waals surface area contributed by atoms with Gasteiger partial charge in [0.2, 0.25) is 5.91 Å². The second-order valence-electron chi connectivity index (χ2n) is 5.66. The third kappa shape index (κ3) is 3.57. The summed E-state index contributed by atoms with van der Waals surface area (Å²) in [6, 6.07) is 3.11. The zero-order valence-corrected chi connectivity index (χ0v) is 14.1. The molecular formula is C16H19ClN2O5. The number of nitrogens with one attached hydrogen (secondary N) is 1. The van der Waals surface area contributed by atoms with Crippen LogP contribution in [0.25, 0.3) is 0 Å². The maximum Gasteiger partial charge on any atom is 0.307 e. The van der Waals surface area contributed by atoms with Gasteiger partial charge in [0, 0.05) is 19.6 Å². The fourth-order valence-corrected chi connectivity index (χ4v) is 3.19. The van der Waals surface area contributed by atoms with Crippen LogP contribution in [0.1, 0.15) is 12.0 Å². The molecule has 3 rings (SSSR count). The van der Waals surface area contributed by atoms with Gasteiger partial charge in [-0.15, -0.1) is 0 Å². The van der Waals surface area contributed by atoms with Crippen molar-refractivity contribution in [1.29, 1.82) is 0 Å². The summed E-state index contributed by atoms with van der Waals surface area (Å²) in [6.45, 7) is 2.60. The van der Waals surface area contributed by atoms with E-state index in [9.17, 15) is 9.59 Å². The Labute approximate surface area is 144 Å². The van der Waals surface area contributed by atoms with E-state index in [4.69, 9.17) is 25.8 Å². The first-order chi connectivity index (χ1) is 11.6. The van der Waals surface area contributed by atoms with Crippen LogP contribution in [0.2, 0.25) is 5.02 Å². The van der Waals surface area contributed by atoms with E-state index in [1.165, 1.54) is 7.11 Å². The van der Waals surface area contributed by atoms with Crippen molar-refractivity contribution < 1.29 is 23.8 Å². The highest BCUT2D eigenvalue weighted by molar-refractivity contribution is 6.32. The van der Waals surface area contributed by atoms with Crippen LogP contribution >= 0.6 is 11.6 Å². The highest BCUT2D eigenvalue weighted by Crippen LogP contribution is 2.38. The molecule has 0 radical (unpaired) electrons. The molecule has 130 valence electrons. The molecule has 0 bridgehead atoms.